The molecule has 0 saturated heterocycles. The smallest absolute Gasteiger partial charge is 0.305 e. The molecule has 7 heteroatoms. The molecule has 0 unspecified atom stereocenters. The number of hydrazine groups is 1. The molecule has 0 fully saturated rings. The highest BCUT2D eigenvalue weighted by Crippen LogP contribution is 2.18. The van der Waals surface area contributed by atoms with Crippen molar-refractivity contribution in [2.75, 3.05) is 0 Å². The fourth-order valence-corrected chi connectivity index (χ4v) is 1.56. The fourth-order valence-electron chi connectivity index (χ4n) is 1.56. The van der Waals surface area contributed by atoms with Crippen LogP contribution in [0.15, 0.2) is 34.7 Å². The molecule has 3 N–H and O–H groups in total. The third-order valence-corrected chi connectivity index (χ3v) is 2.53. The number of carbonyl (C=O) groups is 3. The van der Waals surface area contributed by atoms with Crippen LogP contribution in [0.1, 0.15) is 23.4 Å². The van der Waals surface area contributed by atoms with E-state index in [2.05, 4.69) is 10.9 Å². The van der Waals surface area contributed by atoms with Gasteiger partial charge in [0.1, 0.15) is 5.58 Å². The van der Waals surface area contributed by atoms with Gasteiger partial charge in [-0.2, -0.15) is 0 Å². The lowest BCUT2D eigenvalue weighted by Crippen LogP contribution is -2.41. The Balaban J connectivity index is 1.91. The van der Waals surface area contributed by atoms with Gasteiger partial charge in [-0.25, -0.2) is 0 Å². The molecule has 2 aromatic rings. The number of hydrogen-bond donors (Lipinski definition) is 3. The summed E-state index contributed by atoms with van der Waals surface area (Å²) in [6.45, 7) is 0. The van der Waals surface area contributed by atoms with Crippen molar-refractivity contribution < 1.29 is 23.9 Å². The zero-order valence-electron chi connectivity index (χ0n) is 10.4. The van der Waals surface area contributed by atoms with Crippen molar-refractivity contribution in [3.05, 3.63) is 36.1 Å². The Kier molecular flexibility index (Phi) is 3.99. The van der Waals surface area contributed by atoms with Crippen LogP contribution in [0, 0.1) is 0 Å². The van der Waals surface area contributed by atoms with Gasteiger partial charge in [0.2, 0.25) is 5.91 Å². The number of benzene rings is 1. The Labute approximate surface area is 113 Å². The Morgan fingerprint density at radius 2 is 1.85 bits per heavy atom. The van der Waals surface area contributed by atoms with Crippen LogP contribution < -0.4 is 10.9 Å². The van der Waals surface area contributed by atoms with Gasteiger partial charge < -0.3 is 9.52 Å². The number of carboxylic acids is 1. The molecular weight excluding hydrogens is 264 g/mol. The number of aliphatic carboxylic acids is 1. The number of nitrogens with one attached hydrogen (secondary N) is 2. The van der Waals surface area contributed by atoms with Gasteiger partial charge in [0.05, 0.1) is 6.42 Å². The van der Waals surface area contributed by atoms with E-state index in [4.69, 9.17) is 9.52 Å². The zero-order chi connectivity index (χ0) is 14.5. The predicted molar refractivity (Wildman–Crippen MR) is 68.7 cm³/mol. The molecule has 2 rings (SSSR count). The van der Waals surface area contributed by atoms with Crippen LogP contribution >= 0.6 is 0 Å². The molecule has 104 valence electrons. The largest absolute Gasteiger partial charge is 0.481 e. The summed E-state index contributed by atoms with van der Waals surface area (Å²) in [5, 5.41) is 9.19. The Morgan fingerprint density at radius 3 is 2.55 bits per heavy atom. The fraction of sp³-hybridized carbons (Fsp3) is 0.154. The first-order valence-corrected chi connectivity index (χ1v) is 5.86. The van der Waals surface area contributed by atoms with E-state index in [1.165, 1.54) is 0 Å². The van der Waals surface area contributed by atoms with Gasteiger partial charge in [0.15, 0.2) is 5.76 Å². The molecule has 0 aliphatic heterocycles. The molecule has 0 bridgehead atoms. The number of furan rings is 1. The van der Waals surface area contributed by atoms with Crippen molar-refractivity contribution >= 4 is 28.8 Å². The van der Waals surface area contributed by atoms with Crippen molar-refractivity contribution in [2.45, 2.75) is 12.8 Å². The topological polar surface area (TPSA) is 109 Å². The van der Waals surface area contributed by atoms with Crippen molar-refractivity contribution in [1.29, 1.82) is 0 Å². The molecule has 2 amide bonds. The second kappa shape index (κ2) is 5.87. The minimum absolute atomic E-state index is 0.0599. The highest BCUT2D eigenvalue weighted by Gasteiger charge is 2.13. The summed E-state index contributed by atoms with van der Waals surface area (Å²) < 4.78 is 5.30. The predicted octanol–water partition coefficient (Wildman–Crippen LogP) is 1.06. The molecular formula is C13H12N2O5. The second-order valence-electron chi connectivity index (χ2n) is 4.04. The van der Waals surface area contributed by atoms with E-state index in [-0.39, 0.29) is 18.6 Å². The highest BCUT2D eigenvalue weighted by molar-refractivity contribution is 5.97. The molecule has 0 saturated carbocycles. The first-order chi connectivity index (χ1) is 9.56. The standard InChI is InChI=1S/C13H12N2O5/c16-11(5-6-12(17)18)14-15-13(19)10-7-8-3-1-2-4-9(8)20-10/h1-4,7H,5-6H2,(H,14,16)(H,15,19)(H,17,18). The molecule has 1 aromatic heterocycles. The van der Waals surface area contributed by atoms with E-state index in [0.29, 0.717) is 5.58 Å². The van der Waals surface area contributed by atoms with E-state index in [1.807, 2.05) is 6.07 Å². The number of fused-ring (bicyclic) bond motifs is 1. The molecule has 0 radical (unpaired) electrons. The van der Waals surface area contributed by atoms with Gasteiger partial charge in [-0.3, -0.25) is 25.2 Å². The van der Waals surface area contributed by atoms with Crippen LogP contribution in [-0.2, 0) is 9.59 Å². The molecule has 0 atom stereocenters. The first-order valence-electron chi connectivity index (χ1n) is 5.86. The van der Waals surface area contributed by atoms with Crippen molar-refractivity contribution in [1.82, 2.24) is 10.9 Å². The summed E-state index contributed by atoms with van der Waals surface area (Å²) in [5.74, 6) is -2.21. The molecule has 1 aromatic carbocycles. The average molecular weight is 276 g/mol. The third kappa shape index (κ3) is 3.35. The number of hydrogen-bond acceptors (Lipinski definition) is 4. The highest BCUT2D eigenvalue weighted by atomic mass is 16.4. The summed E-state index contributed by atoms with van der Waals surface area (Å²) in [7, 11) is 0. The molecule has 0 aliphatic carbocycles. The van der Waals surface area contributed by atoms with Crippen LogP contribution in [0.2, 0.25) is 0 Å². The number of carbonyl (C=O) groups excluding carboxylic acids is 2. The van der Waals surface area contributed by atoms with Crippen LogP contribution in [0.4, 0.5) is 0 Å². The minimum Gasteiger partial charge on any atom is -0.481 e. The van der Waals surface area contributed by atoms with E-state index < -0.39 is 17.8 Å². The Hall–Kier alpha value is -2.83. The number of carboxylic acid groups (broad SMARTS) is 1. The maximum atomic E-state index is 11.7. The van der Waals surface area contributed by atoms with Gasteiger partial charge in [0, 0.05) is 11.8 Å². The number of amides is 2. The van der Waals surface area contributed by atoms with Crippen LogP contribution in [0.25, 0.3) is 11.0 Å². The van der Waals surface area contributed by atoms with Gasteiger partial charge in [-0.1, -0.05) is 18.2 Å². The van der Waals surface area contributed by atoms with E-state index in [0.717, 1.165) is 5.39 Å². The quantitative estimate of drug-likeness (QED) is 0.723. The Bertz CT molecular complexity index is 629. The zero-order valence-corrected chi connectivity index (χ0v) is 10.4. The van der Waals surface area contributed by atoms with Gasteiger partial charge in [0.25, 0.3) is 0 Å². The molecule has 1 heterocycles. The first kappa shape index (κ1) is 13.6. The number of para-hydroxylation sites is 1. The lowest BCUT2D eigenvalue weighted by molar-refractivity contribution is -0.138. The molecule has 20 heavy (non-hydrogen) atoms. The van der Waals surface area contributed by atoms with Gasteiger partial charge >= 0.3 is 11.9 Å². The lowest BCUT2D eigenvalue weighted by atomic mass is 10.2. The summed E-state index contributed by atoms with van der Waals surface area (Å²) in [4.78, 5) is 33.2. The van der Waals surface area contributed by atoms with Crippen LogP contribution in [-0.4, -0.2) is 22.9 Å². The molecule has 0 spiro atoms. The minimum atomic E-state index is -1.08. The summed E-state index contributed by atoms with van der Waals surface area (Å²) in [5.41, 5.74) is 4.84. The van der Waals surface area contributed by atoms with Crippen molar-refractivity contribution in [3.8, 4) is 0 Å². The lowest BCUT2D eigenvalue weighted by Gasteiger charge is -2.04. The SMILES string of the molecule is O=C(O)CCC(=O)NNC(=O)c1cc2ccccc2o1. The van der Waals surface area contributed by atoms with Crippen LogP contribution in [0.3, 0.4) is 0 Å². The van der Waals surface area contributed by atoms with E-state index in [9.17, 15) is 14.4 Å². The van der Waals surface area contributed by atoms with Gasteiger partial charge in [-0.05, 0) is 12.1 Å². The summed E-state index contributed by atoms with van der Waals surface area (Å²) >= 11 is 0. The van der Waals surface area contributed by atoms with Crippen molar-refractivity contribution in [2.24, 2.45) is 0 Å². The monoisotopic (exact) mass is 276 g/mol. The Morgan fingerprint density at radius 1 is 1.10 bits per heavy atom. The normalized spacial score (nSPS) is 10.2. The van der Waals surface area contributed by atoms with Crippen molar-refractivity contribution in [3.63, 3.8) is 0 Å². The number of rotatable bonds is 4. The molecule has 7 nitrogen and oxygen atoms in total. The van der Waals surface area contributed by atoms with E-state index >= 15 is 0 Å². The second-order valence-corrected chi connectivity index (χ2v) is 4.04. The van der Waals surface area contributed by atoms with Crippen LogP contribution in [0.5, 0.6) is 0 Å². The average Bonchev–Trinajstić information content (AvgIpc) is 2.86. The van der Waals surface area contributed by atoms with Gasteiger partial charge in [-0.15, -0.1) is 0 Å². The maximum absolute atomic E-state index is 11.7. The maximum Gasteiger partial charge on any atom is 0.305 e. The summed E-state index contributed by atoms with van der Waals surface area (Å²) in [6.07, 6.45) is -0.512. The third-order valence-electron chi connectivity index (χ3n) is 2.53. The van der Waals surface area contributed by atoms with E-state index in [1.54, 1.807) is 24.3 Å². The summed E-state index contributed by atoms with van der Waals surface area (Å²) in [6, 6.07) is 8.65. The molecule has 0 aliphatic rings.